The molecule has 1 aromatic carbocycles. The largest absolute Gasteiger partial charge is 0.388 e. The summed E-state index contributed by atoms with van der Waals surface area (Å²) in [5.41, 5.74) is 0.980. The van der Waals surface area contributed by atoms with Gasteiger partial charge in [0.05, 0.1) is 12.2 Å². The van der Waals surface area contributed by atoms with Gasteiger partial charge in [0.2, 0.25) is 0 Å². The first-order chi connectivity index (χ1) is 9.60. The average Bonchev–Trinajstić information content (AvgIpc) is 2.46. The minimum Gasteiger partial charge on any atom is -0.388 e. The summed E-state index contributed by atoms with van der Waals surface area (Å²) in [6.45, 7) is 5.25. The van der Waals surface area contributed by atoms with Gasteiger partial charge in [-0.3, -0.25) is 0 Å². The molecule has 0 saturated carbocycles. The highest BCUT2D eigenvalue weighted by atomic mass is 79.9. The van der Waals surface area contributed by atoms with Gasteiger partial charge in [-0.1, -0.05) is 35.0 Å². The summed E-state index contributed by atoms with van der Waals surface area (Å²) in [6.07, 6.45) is 1.87. The second kappa shape index (κ2) is 7.55. The third kappa shape index (κ3) is 4.29. The number of hydrogen-bond acceptors (Lipinski definition) is 3. The second-order valence-electron chi connectivity index (χ2n) is 5.70. The summed E-state index contributed by atoms with van der Waals surface area (Å²) in [4.78, 5) is 2.40. The molecule has 0 spiro atoms. The molecule has 0 aromatic heterocycles. The van der Waals surface area contributed by atoms with E-state index in [1.807, 2.05) is 24.3 Å². The first kappa shape index (κ1) is 16.0. The highest BCUT2D eigenvalue weighted by Gasteiger charge is 2.26. The highest BCUT2D eigenvalue weighted by molar-refractivity contribution is 9.10. The van der Waals surface area contributed by atoms with E-state index in [1.54, 1.807) is 7.11 Å². The molecule has 1 N–H and O–H groups in total. The van der Waals surface area contributed by atoms with Crippen molar-refractivity contribution in [1.82, 2.24) is 4.90 Å². The Morgan fingerprint density at radius 3 is 3.00 bits per heavy atom. The van der Waals surface area contributed by atoms with Crippen molar-refractivity contribution in [2.24, 2.45) is 5.92 Å². The van der Waals surface area contributed by atoms with Crippen molar-refractivity contribution < 1.29 is 9.84 Å². The fourth-order valence-corrected chi connectivity index (χ4v) is 3.21. The normalized spacial score (nSPS) is 25.6. The van der Waals surface area contributed by atoms with Crippen LogP contribution in [0.1, 0.15) is 31.4 Å². The minimum atomic E-state index is -0.396. The van der Waals surface area contributed by atoms with Crippen LogP contribution in [-0.4, -0.2) is 42.9 Å². The van der Waals surface area contributed by atoms with E-state index in [2.05, 4.69) is 27.8 Å². The summed E-state index contributed by atoms with van der Waals surface area (Å²) in [5, 5.41) is 10.3. The predicted molar refractivity (Wildman–Crippen MR) is 84.7 cm³/mol. The number of nitrogens with zero attached hydrogens (tertiary/aromatic N) is 1. The number of ether oxygens (including phenoxy) is 1. The number of rotatable bonds is 5. The summed E-state index contributed by atoms with van der Waals surface area (Å²) in [7, 11) is 1.79. The third-order valence-electron chi connectivity index (χ3n) is 4.23. The van der Waals surface area contributed by atoms with E-state index in [0.29, 0.717) is 12.0 Å². The molecule has 1 saturated heterocycles. The van der Waals surface area contributed by atoms with Crippen LogP contribution in [0.15, 0.2) is 28.7 Å². The molecule has 1 aliphatic rings. The molecule has 0 radical (unpaired) electrons. The number of aliphatic hydroxyl groups is 1. The van der Waals surface area contributed by atoms with Crippen molar-refractivity contribution in [2.45, 2.75) is 32.0 Å². The molecule has 1 aliphatic heterocycles. The lowest BCUT2D eigenvalue weighted by Crippen LogP contribution is -2.44. The summed E-state index contributed by atoms with van der Waals surface area (Å²) >= 11 is 3.44. The maximum atomic E-state index is 10.3. The topological polar surface area (TPSA) is 32.7 Å². The quantitative estimate of drug-likeness (QED) is 0.892. The molecular weight excluding hydrogens is 318 g/mol. The van der Waals surface area contributed by atoms with Crippen LogP contribution in [0, 0.1) is 5.92 Å². The zero-order valence-corrected chi connectivity index (χ0v) is 13.8. The Hall–Kier alpha value is -0.420. The second-order valence-corrected chi connectivity index (χ2v) is 6.62. The number of aliphatic hydroxyl groups excluding tert-OH is 1. The molecule has 3 unspecified atom stereocenters. The van der Waals surface area contributed by atoms with Crippen molar-refractivity contribution >= 4 is 15.9 Å². The molecule has 1 heterocycles. The van der Waals surface area contributed by atoms with E-state index in [1.165, 1.54) is 6.42 Å². The smallest absolute Gasteiger partial charge is 0.0802 e. The monoisotopic (exact) mass is 341 g/mol. The standard InChI is InChI=1S/C16H24BrNO2/c1-12-6-8-18(11-16(12)20-2)9-7-15(19)13-4-3-5-14(17)10-13/h3-5,10,12,15-16,19H,6-9,11H2,1-2H3. The van der Waals surface area contributed by atoms with Gasteiger partial charge in [-0.05, 0) is 43.0 Å². The van der Waals surface area contributed by atoms with Gasteiger partial charge in [0.1, 0.15) is 0 Å². The molecule has 20 heavy (non-hydrogen) atoms. The number of halogens is 1. The Bertz CT molecular complexity index is 427. The molecular formula is C16H24BrNO2. The lowest BCUT2D eigenvalue weighted by Gasteiger charge is -2.36. The molecule has 0 aliphatic carbocycles. The maximum Gasteiger partial charge on any atom is 0.0802 e. The fourth-order valence-electron chi connectivity index (χ4n) is 2.79. The van der Waals surface area contributed by atoms with E-state index in [-0.39, 0.29) is 0 Å². The summed E-state index contributed by atoms with van der Waals surface area (Å²) in [5.74, 6) is 0.631. The van der Waals surface area contributed by atoms with Crippen molar-refractivity contribution in [2.75, 3.05) is 26.7 Å². The number of methoxy groups -OCH3 is 1. The van der Waals surface area contributed by atoms with Crippen LogP contribution < -0.4 is 0 Å². The number of piperidine rings is 1. The van der Waals surface area contributed by atoms with Gasteiger partial charge in [-0.15, -0.1) is 0 Å². The summed E-state index contributed by atoms with van der Waals surface area (Å²) < 4.78 is 6.54. The Labute approximate surface area is 130 Å². The molecule has 1 fully saturated rings. The predicted octanol–water partition coefficient (Wildman–Crippen LogP) is 3.23. The zero-order valence-electron chi connectivity index (χ0n) is 12.3. The van der Waals surface area contributed by atoms with Gasteiger partial charge in [-0.2, -0.15) is 0 Å². The molecule has 2 rings (SSSR count). The van der Waals surface area contributed by atoms with E-state index >= 15 is 0 Å². The van der Waals surface area contributed by atoms with E-state index < -0.39 is 6.10 Å². The SMILES string of the molecule is COC1CN(CCC(O)c2cccc(Br)c2)CCC1C. The van der Waals surface area contributed by atoms with Crippen molar-refractivity contribution in [1.29, 1.82) is 0 Å². The lowest BCUT2D eigenvalue weighted by atomic mass is 9.95. The Kier molecular flexibility index (Phi) is 6.02. The first-order valence-electron chi connectivity index (χ1n) is 7.29. The van der Waals surface area contributed by atoms with Crippen LogP contribution >= 0.6 is 15.9 Å². The van der Waals surface area contributed by atoms with Crippen molar-refractivity contribution in [3.63, 3.8) is 0 Å². The molecule has 1 aromatic rings. The molecule has 4 heteroatoms. The van der Waals surface area contributed by atoms with E-state index in [0.717, 1.165) is 36.1 Å². The Morgan fingerprint density at radius 1 is 1.50 bits per heavy atom. The van der Waals surface area contributed by atoms with Crippen molar-refractivity contribution in [3.8, 4) is 0 Å². The number of hydrogen-bond donors (Lipinski definition) is 1. The Balaban J connectivity index is 1.83. The van der Waals surface area contributed by atoms with E-state index in [4.69, 9.17) is 4.74 Å². The van der Waals surface area contributed by atoms with Gasteiger partial charge in [0.25, 0.3) is 0 Å². The molecule has 3 atom stereocenters. The molecule has 0 amide bonds. The molecule has 0 bridgehead atoms. The fraction of sp³-hybridized carbons (Fsp3) is 0.625. The number of benzene rings is 1. The van der Waals surface area contributed by atoms with Crippen LogP contribution in [0.5, 0.6) is 0 Å². The van der Waals surface area contributed by atoms with Crippen LogP contribution in [0.4, 0.5) is 0 Å². The zero-order chi connectivity index (χ0) is 14.5. The molecule has 3 nitrogen and oxygen atoms in total. The van der Waals surface area contributed by atoms with Gasteiger partial charge >= 0.3 is 0 Å². The summed E-state index contributed by atoms with van der Waals surface area (Å²) in [6, 6.07) is 7.91. The Morgan fingerprint density at radius 2 is 2.30 bits per heavy atom. The third-order valence-corrected chi connectivity index (χ3v) is 4.72. The number of likely N-dealkylation sites (tertiary alicyclic amines) is 1. The van der Waals surface area contributed by atoms with Crippen LogP contribution in [0.3, 0.4) is 0 Å². The lowest BCUT2D eigenvalue weighted by molar-refractivity contribution is -0.00867. The van der Waals surface area contributed by atoms with Crippen LogP contribution in [-0.2, 0) is 4.74 Å². The van der Waals surface area contributed by atoms with Gasteiger partial charge in [-0.25, -0.2) is 0 Å². The minimum absolute atomic E-state index is 0.326. The van der Waals surface area contributed by atoms with Gasteiger partial charge in [0, 0.05) is 24.7 Å². The van der Waals surface area contributed by atoms with E-state index in [9.17, 15) is 5.11 Å². The average molecular weight is 342 g/mol. The maximum absolute atomic E-state index is 10.3. The molecule has 112 valence electrons. The van der Waals surface area contributed by atoms with Gasteiger partial charge in [0.15, 0.2) is 0 Å². The van der Waals surface area contributed by atoms with Crippen LogP contribution in [0.25, 0.3) is 0 Å². The van der Waals surface area contributed by atoms with Crippen molar-refractivity contribution in [3.05, 3.63) is 34.3 Å². The van der Waals surface area contributed by atoms with Crippen LogP contribution in [0.2, 0.25) is 0 Å². The highest BCUT2D eigenvalue weighted by Crippen LogP contribution is 2.23. The first-order valence-corrected chi connectivity index (χ1v) is 8.08. The van der Waals surface area contributed by atoms with Gasteiger partial charge < -0.3 is 14.7 Å².